The van der Waals surface area contributed by atoms with E-state index in [-0.39, 0.29) is 6.04 Å². The van der Waals surface area contributed by atoms with E-state index in [0.29, 0.717) is 0 Å². The molecule has 2 N–H and O–H groups in total. The Kier molecular flexibility index (Phi) is 5.04. The van der Waals surface area contributed by atoms with Gasteiger partial charge >= 0.3 is 0 Å². The second kappa shape index (κ2) is 6.77. The van der Waals surface area contributed by atoms with Gasteiger partial charge < -0.3 is 10.5 Å². The molecule has 1 aromatic heterocycles. The van der Waals surface area contributed by atoms with Crippen molar-refractivity contribution in [2.75, 3.05) is 12.9 Å². The van der Waals surface area contributed by atoms with Crippen molar-refractivity contribution in [3.63, 3.8) is 0 Å². The number of nitrogens with two attached hydrogens (primary N) is 1. The van der Waals surface area contributed by atoms with E-state index < -0.39 is 0 Å². The quantitative estimate of drug-likeness (QED) is 0.855. The molecule has 0 spiro atoms. The first kappa shape index (κ1) is 14.9. The van der Waals surface area contributed by atoms with Crippen LogP contribution in [0.5, 0.6) is 5.75 Å². The predicted octanol–water partition coefficient (Wildman–Crippen LogP) is 3.50. The number of thioether (sulfide) groups is 1. The Labute approximate surface area is 124 Å². The van der Waals surface area contributed by atoms with Gasteiger partial charge in [0, 0.05) is 23.1 Å². The number of hydrogen-bond donors (Lipinski definition) is 1. The van der Waals surface area contributed by atoms with Gasteiger partial charge in [0.25, 0.3) is 0 Å². The van der Waals surface area contributed by atoms with E-state index in [2.05, 4.69) is 24.0 Å². The Morgan fingerprint density at radius 1 is 1.25 bits per heavy atom. The van der Waals surface area contributed by atoms with Crippen molar-refractivity contribution >= 4 is 11.8 Å². The van der Waals surface area contributed by atoms with Crippen molar-refractivity contribution < 1.29 is 4.74 Å². The lowest BCUT2D eigenvalue weighted by molar-refractivity contribution is 0.407. The minimum atomic E-state index is -0.0706. The maximum absolute atomic E-state index is 6.27. The van der Waals surface area contributed by atoms with Crippen molar-refractivity contribution in [2.24, 2.45) is 5.73 Å². The van der Waals surface area contributed by atoms with Gasteiger partial charge in [0.05, 0.1) is 12.1 Å². The Balaban J connectivity index is 2.06. The van der Waals surface area contributed by atoms with Gasteiger partial charge in [-0.2, -0.15) is 0 Å². The molecule has 0 fully saturated rings. The monoisotopic (exact) mass is 288 g/mol. The zero-order valence-electron chi connectivity index (χ0n) is 12.1. The number of hydrogen-bond acceptors (Lipinski definition) is 4. The molecule has 2 rings (SSSR count). The molecule has 1 heterocycles. The lowest BCUT2D eigenvalue weighted by Gasteiger charge is -2.15. The van der Waals surface area contributed by atoms with Gasteiger partial charge in [0.15, 0.2) is 0 Å². The summed E-state index contributed by atoms with van der Waals surface area (Å²) in [4.78, 5) is 4.52. The summed E-state index contributed by atoms with van der Waals surface area (Å²) in [7, 11) is 1.67. The van der Waals surface area contributed by atoms with Crippen LogP contribution in [0.2, 0.25) is 0 Å². The zero-order valence-corrected chi connectivity index (χ0v) is 12.9. The van der Waals surface area contributed by atoms with Crippen LogP contribution in [0.25, 0.3) is 0 Å². The fraction of sp³-hybridized carbons (Fsp3) is 0.312. The minimum absolute atomic E-state index is 0.0706. The number of benzene rings is 1. The third kappa shape index (κ3) is 3.74. The number of ether oxygens (including phenoxy) is 1. The molecule has 20 heavy (non-hydrogen) atoms. The van der Waals surface area contributed by atoms with Gasteiger partial charge in [-0.1, -0.05) is 18.2 Å². The molecule has 106 valence electrons. The lowest BCUT2D eigenvalue weighted by Crippen LogP contribution is -2.14. The van der Waals surface area contributed by atoms with Gasteiger partial charge in [-0.3, -0.25) is 0 Å². The van der Waals surface area contributed by atoms with E-state index in [1.807, 2.05) is 31.2 Å². The first-order valence-electron chi connectivity index (χ1n) is 6.56. The zero-order chi connectivity index (χ0) is 14.5. The normalized spacial score (nSPS) is 12.2. The van der Waals surface area contributed by atoms with Crippen LogP contribution in [0.15, 0.2) is 41.4 Å². The topological polar surface area (TPSA) is 48.1 Å². The first-order valence-corrected chi connectivity index (χ1v) is 7.55. The van der Waals surface area contributed by atoms with Crippen LogP contribution in [0.1, 0.15) is 22.9 Å². The number of aryl methyl sites for hydroxylation is 2. The first-order chi connectivity index (χ1) is 9.60. The van der Waals surface area contributed by atoms with Gasteiger partial charge in [-0.25, -0.2) is 4.98 Å². The largest absolute Gasteiger partial charge is 0.496 e. The van der Waals surface area contributed by atoms with E-state index in [4.69, 9.17) is 10.5 Å². The van der Waals surface area contributed by atoms with Crippen molar-refractivity contribution in [1.82, 2.24) is 4.98 Å². The number of aromatic nitrogens is 1. The molecule has 4 heteroatoms. The maximum atomic E-state index is 6.27. The Morgan fingerprint density at radius 2 is 2.00 bits per heavy atom. The standard InChI is InChI=1S/C16H20N2OS/c1-11-8-12(2)18-16(9-11)20-10-14(17)13-6-4-5-7-15(13)19-3/h4-9,14H,10,17H2,1-3H3. The summed E-state index contributed by atoms with van der Waals surface area (Å²) in [6, 6.07) is 12.0. The van der Waals surface area contributed by atoms with Crippen molar-refractivity contribution in [3.05, 3.63) is 53.2 Å². The molecule has 1 atom stereocenters. The fourth-order valence-corrected chi connectivity index (χ4v) is 3.12. The van der Waals surface area contributed by atoms with Gasteiger partial charge in [-0.05, 0) is 37.6 Å². The molecule has 1 unspecified atom stereocenters. The molecule has 0 aliphatic carbocycles. The SMILES string of the molecule is COc1ccccc1C(N)CSc1cc(C)cc(C)n1. The average Bonchev–Trinajstić information content (AvgIpc) is 2.43. The van der Waals surface area contributed by atoms with E-state index in [1.54, 1.807) is 18.9 Å². The molecular formula is C16H20N2OS. The Bertz CT molecular complexity index is 566. The summed E-state index contributed by atoms with van der Waals surface area (Å²) in [5, 5.41) is 1.02. The summed E-state index contributed by atoms with van der Waals surface area (Å²) < 4.78 is 5.35. The molecule has 3 nitrogen and oxygen atoms in total. The molecule has 0 aliphatic rings. The highest BCUT2D eigenvalue weighted by molar-refractivity contribution is 7.99. The third-order valence-electron chi connectivity index (χ3n) is 3.02. The number of methoxy groups -OCH3 is 1. The average molecular weight is 288 g/mol. The van der Waals surface area contributed by atoms with Crippen LogP contribution in [-0.2, 0) is 0 Å². The molecule has 0 amide bonds. The van der Waals surface area contributed by atoms with Crippen LogP contribution >= 0.6 is 11.8 Å². The summed E-state index contributed by atoms with van der Waals surface area (Å²) in [6.45, 7) is 4.09. The number of nitrogens with zero attached hydrogens (tertiary/aromatic N) is 1. The Hall–Kier alpha value is -1.52. The summed E-state index contributed by atoms with van der Waals surface area (Å²) in [6.07, 6.45) is 0. The second-order valence-electron chi connectivity index (χ2n) is 4.78. The van der Waals surface area contributed by atoms with Gasteiger partial charge in [0.1, 0.15) is 5.75 Å². The minimum Gasteiger partial charge on any atom is -0.496 e. The van der Waals surface area contributed by atoms with Gasteiger partial charge in [-0.15, -0.1) is 11.8 Å². The van der Waals surface area contributed by atoms with Crippen LogP contribution in [0.4, 0.5) is 0 Å². The number of para-hydroxylation sites is 1. The molecule has 0 radical (unpaired) electrons. The highest BCUT2D eigenvalue weighted by Gasteiger charge is 2.12. The third-order valence-corrected chi connectivity index (χ3v) is 4.05. The molecule has 0 saturated carbocycles. The molecule has 0 saturated heterocycles. The summed E-state index contributed by atoms with van der Waals surface area (Å²) in [5.74, 6) is 1.62. The molecule has 1 aromatic carbocycles. The van der Waals surface area contributed by atoms with E-state index in [9.17, 15) is 0 Å². The summed E-state index contributed by atoms with van der Waals surface area (Å²) >= 11 is 1.68. The van der Waals surface area contributed by atoms with Crippen molar-refractivity contribution in [3.8, 4) is 5.75 Å². The smallest absolute Gasteiger partial charge is 0.123 e. The fourth-order valence-electron chi connectivity index (χ4n) is 2.12. The van der Waals surface area contributed by atoms with Crippen LogP contribution in [-0.4, -0.2) is 17.8 Å². The molecule has 0 aliphatic heterocycles. The van der Waals surface area contributed by atoms with Crippen molar-refractivity contribution in [2.45, 2.75) is 24.9 Å². The predicted molar refractivity (Wildman–Crippen MR) is 84.4 cm³/mol. The number of rotatable bonds is 5. The van der Waals surface area contributed by atoms with Gasteiger partial charge in [0.2, 0.25) is 0 Å². The maximum Gasteiger partial charge on any atom is 0.123 e. The number of pyridine rings is 1. The molecule has 2 aromatic rings. The summed E-state index contributed by atoms with van der Waals surface area (Å²) in [5.41, 5.74) is 9.57. The lowest BCUT2D eigenvalue weighted by atomic mass is 10.1. The van der Waals surface area contributed by atoms with Crippen LogP contribution < -0.4 is 10.5 Å². The van der Waals surface area contributed by atoms with E-state index in [1.165, 1.54) is 5.56 Å². The van der Waals surface area contributed by atoms with Crippen LogP contribution in [0, 0.1) is 13.8 Å². The highest BCUT2D eigenvalue weighted by Crippen LogP contribution is 2.28. The van der Waals surface area contributed by atoms with E-state index in [0.717, 1.165) is 27.8 Å². The highest BCUT2D eigenvalue weighted by atomic mass is 32.2. The second-order valence-corrected chi connectivity index (χ2v) is 5.82. The van der Waals surface area contributed by atoms with Crippen LogP contribution in [0.3, 0.4) is 0 Å². The van der Waals surface area contributed by atoms with Crippen molar-refractivity contribution in [1.29, 1.82) is 0 Å². The Morgan fingerprint density at radius 3 is 2.70 bits per heavy atom. The molecular weight excluding hydrogens is 268 g/mol. The molecule has 0 bridgehead atoms. The van der Waals surface area contributed by atoms with E-state index >= 15 is 0 Å².